The highest BCUT2D eigenvalue weighted by Gasteiger charge is 2.33. The van der Waals surface area contributed by atoms with E-state index in [1.54, 1.807) is 31.9 Å². The number of rotatable bonds is 4. The standard InChI is InChI=1S/C15H16BrN5O3/c1-7-11(14(17)22)12(21-15(20-7)18-6-19-21)8-4-9(16)13(24-3)10(5-8)23-2/h4-6,12H,1-3H3,(H2,17,22)(H,18,19,20)/t12-/m1/s1. The van der Waals surface area contributed by atoms with Crippen LogP contribution in [0.15, 0.2) is 34.2 Å². The Bertz CT molecular complexity index is 846. The zero-order valence-electron chi connectivity index (χ0n) is 13.3. The fraction of sp³-hybridized carbons (Fsp3) is 0.267. The fourth-order valence-electron chi connectivity index (χ4n) is 2.81. The van der Waals surface area contributed by atoms with Crippen LogP contribution in [0, 0.1) is 0 Å². The molecule has 0 fully saturated rings. The van der Waals surface area contributed by atoms with E-state index in [1.807, 2.05) is 6.07 Å². The molecule has 1 aromatic carbocycles. The summed E-state index contributed by atoms with van der Waals surface area (Å²) in [6, 6.07) is 3.12. The van der Waals surface area contributed by atoms with Crippen molar-refractivity contribution in [2.75, 3.05) is 19.5 Å². The van der Waals surface area contributed by atoms with Crippen LogP contribution < -0.4 is 20.5 Å². The van der Waals surface area contributed by atoms with Crippen LogP contribution in [0.25, 0.3) is 0 Å². The second-order valence-electron chi connectivity index (χ2n) is 5.20. The molecule has 0 radical (unpaired) electrons. The number of hydrogen-bond donors (Lipinski definition) is 2. The molecule has 1 atom stereocenters. The van der Waals surface area contributed by atoms with E-state index in [4.69, 9.17) is 15.2 Å². The number of carbonyl (C=O) groups excluding carboxylic acids is 1. The van der Waals surface area contributed by atoms with Crippen molar-refractivity contribution in [1.29, 1.82) is 0 Å². The number of nitrogens with two attached hydrogens (primary N) is 1. The molecule has 1 aliphatic heterocycles. The van der Waals surface area contributed by atoms with Crippen molar-refractivity contribution in [3.63, 3.8) is 0 Å². The maximum absolute atomic E-state index is 12.0. The SMILES string of the molecule is COc1cc([C@@H]2C(C(N)=O)=C(C)Nc3ncnn32)cc(Br)c1OC. The van der Waals surface area contributed by atoms with Gasteiger partial charge >= 0.3 is 0 Å². The van der Waals surface area contributed by atoms with E-state index < -0.39 is 11.9 Å². The number of halogens is 1. The lowest BCUT2D eigenvalue weighted by Gasteiger charge is -2.28. The zero-order valence-corrected chi connectivity index (χ0v) is 14.9. The Morgan fingerprint density at radius 2 is 2.12 bits per heavy atom. The van der Waals surface area contributed by atoms with Gasteiger partial charge in [-0.2, -0.15) is 10.1 Å². The van der Waals surface area contributed by atoms with Crippen LogP contribution in [0.4, 0.5) is 5.95 Å². The Morgan fingerprint density at radius 3 is 2.75 bits per heavy atom. The molecule has 1 aliphatic rings. The van der Waals surface area contributed by atoms with Gasteiger partial charge in [-0.15, -0.1) is 0 Å². The van der Waals surface area contributed by atoms with Gasteiger partial charge in [-0.25, -0.2) is 4.68 Å². The molecule has 3 rings (SSSR count). The van der Waals surface area contributed by atoms with Crippen LogP contribution >= 0.6 is 15.9 Å². The first kappa shape index (κ1) is 16.3. The van der Waals surface area contributed by atoms with Crippen molar-refractivity contribution in [2.45, 2.75) is 13.0 Å². The van der Waals surface area contributed by atoms with Crippen LogP contribution in [0.2, 0.25) is 0 Å². The first-order valence-electron chi connectivity index (χ1n) is 7.06. The maximum atomic E-state index is 12.0. The number of nitrogens with zero attached hydrogens (tertiary/aromatic N) is 3. The number of nitrogens with one attached hydrogen (secondary N) is 1. The highest BCUT2D eigenvalue weighted by molar-refractivity contribution is 9.10. The molecule has 3 N–H and O–H groups in total. The first-order chi connectivity index (χ1) is 11.5. The number of benzene rings is 1. The summed E-state index contributed by atoms with van der Waals surface area (Å²) in [7, 11) is 3.11. The van der Waals surface area contributed by atoms with E-state index in [0.29, 0.717) is 33.2 Å². The molecule has 2 heterocycles. The molecule has 126 valence electrons. The van der Waals surface area contributed by atoms with E-state index in [9.17, 15) is 4.79 Å². The van der Waals surface area contributed by atoms with Crippen LogP contribution in [0.5, 0.6) is 11.5 Å². The number of fused-ring (bicyclic) bond motifs is 1. The number of carbonyl (C=O) groups is 1. The van der Waals surface area contributed by atoms with E-state index in [0.717, 1.165) is 5.56 Å². The maximum Gasteiger partial charge on any atom is 0.248 e. The van der Waals surface area contributed by atoms with Gasteiger partial charge in [-0.3, -0.25) is 4.79 Å². The average molecular weight is 394 g/mol. The highest BCUT2D eigenvalue weighted by atomic mass is 79.9. The summed E-state index contributed by atoms with van der Waals surface area (Å²) in [6.07, 6.45) is 1.42. The van der Waals surface area contributed by atoms with Gasteiger partial charge in [0.25, 0.3) is 0 Å². The van der Waals surface area contributed by atoms with Gasteiger partial charge in [0.1, 0.15) is 12.4 Å². The van der Waals surface area contributed by atoms with Gasteiger partial charge in [-0.05, 0) is 40.5 Å². The molecule has 0 bridgehead atoms. The van der Waals surface area contributed by atoms with Crippen LogP contribution in [0.1, 0.15) is 18.5 Å². The lowest BCUT2D eigenvalue weighted by atomic mass is 9.95. The molecule has 0 saturated heterocycles. The average Bonchev–Trinajstić information content (AvgIpc) is 3.00. The molecule has 1 amide bonds. The van der Waals surface area contributed by atoms with E-state index in [-0.39, 0.29) is 0 Å². The van der Waals surface area contributed by atoms with Crippen molar-refractivity contribution in [2.24, 2.45) is 5.73 Å². The summed E-state index contributed by atoms with van der Waals surface area (Å²) in [4.78, 5) is 16.2. The number of amides is 1. The number of hydrogen-bond acceptors (Lipinski definition) is 6. The van der Waals surface area contributed by atoms with E-state index >= 15 is 0 Å². The monoisotopic (exact) mass is 393 g/mol. The first-order valence-corrected chi connectivity index (χ1v) is 7.85. The van der Waals surface area contributed by atoms with Gasteiger partial charge in [0.15, 0.2) is 11.5 Å². The number of ether oxygens (including phenoxy) is 2. The van der Waals surface area contributed by atoms with Crippen LogP contribution in [-0.2, 0) is 4.79 Å². The van der Waals surface area contributed by atoms with E-state index in [2.05, 4.69) is 31.3 Å². The van der Waals surface area contributed by atoms with Crippen molar-refractivity contribution >= 4 is 27.8 Å². The topological polar surface area (TPSA) is 104 Å². The molecule has 1 aromatic heterocycles. The molecule has 0 aliphatic carbocycles. The zero-order chi connectivity index (χ0) is 17.4. The minimum atomic E-state index is -0.531. The summed E-state index contributed by atoms with van der Waals surface area (Å²) in [5.74, 6) is 1.10. The van der Waals surface area contributed by atoms with Crippen molar-refractivity contribution < 1.29 is 14.3 Å². The number of aromatic nitrogens is 3. The number of allylic oxidation sites excluding steroid dienone is 1. The van der Waals surface area contributed by atoms with Crippen LogP contribution in [-0.4, -0.2) is 34.9 Å². The quantitative estimate of drug-likeness (QED) is 0.820. The predicted octanol–water partition coefficient (Wildman–Crippen LogP) is 1.83. The summed E-state index contributed by atoms with van der Waals surface area (Å²) in [5.41, 5.74) is 7.42. The second-order valence-corrected chi connectivity index (χ2v) is 6.05. The Hall–Kier alpha value is -2.55. The van der Waals surface area contributed by atoms with Gasteiger partial charge < -0.3 is 20.5 Å². The van der Waals surface area contributed by atoms with Crippen molar-refractivity contribution in [1.82, 2.24) is 14.8 Å². The normalized spacial score (nSPS) is 16.4. The third kappa shape index (κ3) is 2.50. The summed E-state index contributed by atoms with van der Waals surface area (Å²) < 4.78 is 13.0. The molecular weight excluding hydrogens is 378 g/mol. The molecule has 2 aromatic rings. The molecule has 0 unspecified atom stereocenters. The number of methoxy groups -OCH3 is 2. The van der Waals surface area contributed by atoms with Gasteiger partial charge in [0, 0.05) is 5.70 Å². The summed E-state index contributed by atoms with van der Waals surface area (Å²) in [5, 5.41) is 7.26. The second kappa shape index (κ2) is 6.16. The Balaban J connectivity index is 2.24. The van der Waals surface area contributed by atoms with Gasteiger partial charge in [0.05, 0.1) is 24.3 Å². The molecule has 0 spiro atoms. The predicted molar refractivity (Wildman–Crippen MR) is 90.9 cm³/mol. The van der Waals surface area contributed by atoms with Gasteiger partial charge in [-0.1, -0.05) is 0 Å². The summed E-state index contributed by atoms with van der Waals surface area (Å²) in [6.45, 7) is 1.78. The van der Waals surface area contributed by atoms with Crippen LogP contribution in [0.3, 0.4) is 0 Å². The molecule has 8 nitrogen and oxygen atoms in total. The Kier molecular flexibility index (Phi) is 4.18. The highest BCUT2D eigenvalue weighted by Crippen LogP contribution is 2.42. The third-order valence-electron chi connectivity index (χ3n) is 3.83. The third-order valence-corrected chi connectivity index (χ3v) is 4.42. The molecule has 0 saturated carbocycles. The lowest BCUT2D eigenvalue weighted by Crippen LogP contribution is -2.31. The lowest BCUT2D eigenvalue weighted by molar-refractivity contribution is -0.115. The minimum absolute atomic E-state index is 0.409. The number of primary amides is 1. The van der Waals surface area contributed by atoms with E-state index in [1.165, 1.54) is 6.33 Å². The smallest absolute Gasteiger partial charge is 0.248 e. The molecule has 9 heteroatoms. The summed E-state index contributed by atoms with van der Waals surface area (Å²) >= 11 is 3.47. The fourth-order valence-corrected chi connectivity index (χ4v) is 3.44. The minimum Gasteiger partial charge on any atom is -0.493 e. The largest absolute Gasteiger partial charge is 0.493 e. The van der Waals surface area contributed by atoms with Crippen molar-refractivity contribution in [3.05, 3.63) is 39.8 Å². The number of anilines is 1. The Morgan fingerprint density at radius 1 is 1.38 bits per heavy atom. The Labute approximate surface area is 146 Å². The van der Waals surface area contributed by atoms with Gasteiger partial charge in [0.2, 0.25) is 11.9 Å². The molecular formula is C15H16BrN5O3. The van der Waals surface area contributed by atoms with Crippen molar-refractivity contribution in [3.8, 4) is 11.5 Å². The molecule has 24 heavy (non-hydrogen) atoms.